The van der Waals surface area contributed by atoms with Crippen LogP contribution in [0.4, 0.5) is 26.3 Å². The van der Waals surface area contributed by atoms with E-state index in [4.69, 9.17) is 9.47 Å². The maximum absolute atomic E-state index is 15.0. The predicted molar refractivity (Wildman–Crippen MR) is 123 cm³/mol. The fraction of sp³-hybridized carbons (Fsp3) is 0.286. The van der Waals surface area contributed by atoms with Crippen LogP contribution < -0.4 is 4.74 Å². The van der Waals surface area contributed by atoms with Gasteiger partial charge < -0.3 is 9.47 Å². The van der Waals surface area contributed by atoms with Gasteiger partial charge in [0, 0.05) is 23.1 Å². The van der Waals surface area contributed by atoms with Crippen molar-refractivity contribution in [1.29, 1.82) is 0 Å². The number of allylic oxidation sites excluding steroid dienone is 2. The van der Waals surface area contributed by atoms with E-state index in [2.05, 4.69) is 0 Å². The van der Waals surface area contributed by atoms with E-state index >= 15 is 4.39 Å². The van der Waals surface area contributed by atoms with Gasteiger partial charge >= 0.3 is 0 Å². The maximum Gasteiger partial charge on any atom is 0.201 e. The average Bonchev–Trinajstić information content (AvgIpc) is 2.88. The Morgan fingerprint density at radius 1 is 0.750 bits per heavy atom. The highest BCUT2D eigenvalue weighted by atomic mass is 19.2. The van der Waals surface area contributed by atoms with Crippen molar-refractivity contribution in [2.45, 2.75) is 45.6 Å². The third-order valence-electron chi connectivity index (χ3n) is 6.33. The maximum atomic E-state index is 15.0. The van der Waals surface area contributed by atoms with Gasteiger partial charge in [-0.05, 0) is 61.9 Å². The molecule has 1 aliphatic carbocycles. The topological polar surface area (TPSA) is 18.5 Å². The molecule has 4 rings (SSSR count). The third kappa shape index (κ3) is 4.94. The molecule has 3 aromatic rings. The highest BCUT2D eigenvalue weighted by Crippen LogP contribution is 2.38. The van der Waals surface area contributed by atoms with Gasteiger partial charge in [-0.2, -0.15) is 4.39 Å². The quantitative estimate of drug-likeness (QED) is 0.300. The minimum atomic E-state index is -1.32. The van der Waals surface area contributed by atoms with E-state index in [0.717, 1.165) is 6.07 Å². The zero-order valence-electron chi connectivity index (χ0n) is 19.7. The van der Waals surface area contributed by atoms with Crippen molar-refractivity contribution in [3.8, 4) is 16.9 Å². The van der Waals surface area contributed by atoms with Gasteiger partial charge in [0.25, 0.3) is 0 Å². The molecule has 0 heterocycles. The molecule has 0 bridgehead atoms. The molecule has 190 valence electrons. The van der Waals surface area contributed by atoms with Crippen molar-refractivity contribution in [2.24, 2.45) is 0 Å². The van der Waals surface area contributed by atoms with Gasteiger partial charge in [0.1, 0.15) is 6.61 Å². The summed E-state index contributed by atoms with van der Waals surface area (Å²) in [5.41, 5.74) is -0.393. The summed E-state index contributed by atoms with van der Waals surface area (Å²) in [6.45, 7) is 3.05. The van der Waals surface area contributed by atoms with Gasteiger partial charge in [0.05, 0.1) is 12.4 Å². The van der Waals surface area contributed by atoms with Crippen LogP contribution in [0, 0.1) is 41.8 Å². The molecule has 0 spiro atoms. The summed E-state index contributed by atoms with van der Waals surface area (Å²) in [5, 5.41) is 0. The minimum absolute atomic E-state index is 0.0859. The van der Waals surface area contributed by atoms with E-state index < -0.39 is 46.0 Å². The highest BCUT2D eigenvalue weighted by Gasteiger charge is 2.26. The van der Waals surface area contributed by atoms with Crippen LogP contribution in [-0.2, 0) is 11.3 Å². The molecule has 0 saturated carbocycles. The lowest BCUT2D eigenvalue weighted by Gasteiger charge is -2.23. The van der Waals surface area contributed by atoms with Crippen LogP contribution in [0.1, 0.15) is 48.8 Å². The molecular weight excluding hydrogens is 482 g/mol. The Morgan fingerprint density at radius 3 is 2.11 bits per heavy atom. The summed E-state index contributed by atoms with van der Waals surface area (Å²) in [6, 6.07) is 7.85. The highest BCUT2D eigenvalue weighted by molar-refractivity contribution is 5.67. The first-order chi connectivity index (χ1) is 17.2. The van der Waals surface area contributed by atoms with Crippen molar-refractivity contribution in [1.82, 2.24) is 0 Å². The zero-order chi connectivity index (χ0) is 26.0. The smallest absolute Gasteiger partial charge is 0.201 e. The van der Waals surface area contributed by atoms with Crippen molar-refractivity contribution < 1.29 is 35.8 Å². The Bertz CT molecular complexity index is 1320. The second-order valence-corrected chi connectivity index (χ2v) is 8.60. The summed E-state index contributed by atoms with van der Waals surface area (Å²) in [7, 11) is 0. The minimum Gasteiger partial charge on any atom is -0.493 e. The Hall–Kier alpha value is -3.42. The first kappa shape index (κ1) is 25.7. The van der Waals surface area contributed by atoms with E-state index in [0.29, 0.717) is 25.0 Å². The summed E-state index contributed by atoms with van der Waals surface area (Å²) in [5.74, 6) is -6.96. The first-order valence-electron chi connectivity index (χ1n) is 11.6. The summed E-state index contributed by atoms with van der Waals surface area (Å²) in [4.78, 5) is 0. The normalized spacial score (nSPS) is 15.6. The molecule has 0 radical (unpaired) electrons. The van der Waals surface area contributed by atoms with E-state index in [1.54, 1.807) is 13.0 Å². The molecule has 3 aromatic carbocycles. The van der Waals surface area contributed by atoms with E-state index in [-0.39, 0.29) is 41.6 Å². The number of hydrogen-bond donors (Lipinski definition) is 0. The van der Waals surface area contributed by atoms with Crippen molar-refractivity contribution in [3.05, 3.63) is 99.8 Å². The van der Waals surface area contributed by atoms with Gasteiger partial charge in [-0.3, -0.25) is 0 Å². The molecule has 8 heteroatoms. The van der Waals surface area contributed by atoms with Crippen LogP contribution in [0.15, 0.2) is 48.2 Å². The second kappa shape index (κ2) is 10.7. The van der Waals surface area contributed by atoms with Crippen molar-refractivity contribution in [2.75, 3.05) is 6.61 Å². The van der Waals surface area contributed by atoms with E-state index in [1.807, 2.05) is 0 Å². The van der Waals surface area contributed by atoms with Crippen LogP contribution >= 0.6 is 0 Å². The van der Waals surface area contributed by atoms with Crippen LogP contribution in [0.5, 0.6) is 5.75 Å². The Kier molecular flexibility index (Phi) is 7.62. The van der Waals surface area contributed by atoms with Gasteiger partial charge in [0.2, 0.25) is 5.82 Å². The molecular formula is C28H24F6O2. The third-order valence-corrected chi connectivity index (χ3v) is 6.33. The Balaban J connectivity index is 1.49. The molecule has 1 atom stereocenters. The van der Waals surface area contributed by atoms with Gasteiger partial charge in [-0.1, -0.05) is 24.3 Å². The van der Waals surface area contributed by atoms with Crippen LogP contribution in [0.3, 0.4) is 0 Å². The Morgan fingerprint density at radius 2 is 1.44 bits per heavy atom. The van der Waals surface area contributed by atoms with Crippen LogP contribution in [0.2, 0.25) is 0 Å². The number of ether oxygens (including phenoxy) is 2. The fourth-order valence-corrected chi connectivity index (χ4v) is 4.29. The number of hydrogen-bond acceptors (Lipinski definition) is 2. The van der Waals surface area contributed by atoms with Gasteiger partial charge in [0.15, 0.2) is 34.8 Å². The van der Waals surface area contributed by atoms with Crippen molar-refractivity contribution >= 4 is 0 Å². The largest absolute Gasteiger partial charge is 0.493 e. The molecule has 0 aromatic heterocycles. The van der Waals surface area contributed by atoms with E-state index in [1.165, 1.54) is 37.3 Å². The summed E-state index contributed by atoms with van der Waals surface area (Å²) in [6.07, 6.45) is 2.87. The molecule has 2 nitrogen and oxygen atoms in total. The van der Waals surface area contributed by atoms with Gasteiger partial charge in [-0.25, -0.2) is 22.0 Å². The van der Waals surface area contributed by atoms with Crippen LogP contribution in [0.25, 0.3) is 11.1 Å². The van der Waals surface area contributed by atoms with E-state index in [9.17, 15) is 22.0 Å². The Labute approximate surface area is 205 Å². The number of halogens is 6. The average molecular weight is 506 g/mol. The SMILES string of the molecule is CCOc1ccc(-c2ccc(C3CC=C(OCc4ccc(C)c(F)c4F)CC3)c(F)c2F)c(F)c1F. The summed E-state index contributed by atoms with van der Waals surface area (Å²) >= 11 is 0. The molecule has 36 heavy (non-hydrogen) atoms. The monoisotopic (exact) mass is 506 g/mol. The predicted octanol–water partition coefficient (Wildman–Crippen LogP) is 8.26. The number of aryl methyl sites for hydroxylation is 1. The number of benzene rings is 3. The number of rotatable bonds is 7. The molecule has 0 N–H and O–H groups in total. The van der Waals surface area contributed by atoms with Crippen LogP contribution in [-0.4, -0.2) is 6.61 Å². The van der Waals surface area contributed by atoms with Gasteiger partial charge in [-0.15, -0.1) is 0 Å². The molecule has 0 amide bonds. The molecule has 0 fully saturated rings. The zero-order valence-corrected chi connectivity index (χ0v) is 19.7. The molecule has 0 aliphatic heterocycles. The molecule has 1 aliphatic rings. The first-order valence-corrected chi connectivity index (χ1v) is 11.6. The summed E-state index contributed by atoms with van der Waals surface area (Å²) < 4.78 is 97.1. The lowest BCUT2D eigenvalue weighted by atomic mass is 9.85. The molecule has 1 unspecified atom stereocenters. The fourth-order valence-electron chi connectivity index (χ4n) is 4.29. The standard InChI is InChI=1S/C28H24F6O2/c1-3-35-22-13-12-21(27(33)28(22)34)20-11-10-19(25(31)26(20)32)16-6-8-18(9-7-16)36-14-17-5-4-15(2)23(29)24(17)30/h4-5,8,10-13,16H,3,6-7,9,14H2,1-2H3. The second-order valence-electron chi connectivity index (χ2n) is 8.60. The lowest BCUT2D eigenvalue weighted by Crippen LogP contribution is -2.10. The van der Waals surface area contributed by atoms with Crippen molar-refractivity contribution in [3.63, 3.8) is 0 Å². The lowest BCUT2D eigenvalue weighted by molar-refractivity contribution is 0.176. The molecule has 0 saturated heterocycles.